The van der Waals surface area contributed by atoms with Crippen LogP contribution in [0, 0.1) is 0 Å². The molecule has 0 aromatic heterocycles. The van der Waals surface area contributed by atoms with Gasteiger partial charge >= 0.3 is 0 Å². The Kier molecular flexibility index (Phi) is 7.44. The minimum atomic E-state index is -0.526. The van der Waals surface area contributed by atoms with E-state index < -0.39 is 5.60 Å². The van der Waals surface area contributed by atoms with Crippen molar-refractivity contribution >= 4 is 17.3 Å². The van der Waals surface area contributed by atoms with Crippen molar-refractivity contribution in [1.82, 2.24) is 0 Å². The Morgan fingerprint density at radius 1 is 1.10 bits per heavy atom. The minimum absolute atomic E-state index is 0.196. The van der Waals surface area contributed by atoms with Crippen molar-refractivity contribution in [2.24, 2.45) is 0 Å². The van der Waals surface area contributed by atoms with Crippen molar-refractivity contribution < 1.29 is 14.2 Å². The number of rotatable bonds is 9. The second-order valence-electron chi connectivity index (χ2n) is 7.99. The lowest BCUT2D eigenvalue weighted by Crippen LogP contribution is -2.51. The smallest absolute Gasteiger partial charge is 0.132 e. The molecule has 1 N–H and O–H groups in total. The molecule has 29 heavy (non-hydrogen) atoms. The topological polar surface area (TPSA) is 39.7 Å². The van der Waals surface area contributed by atoms with Crippen LogP contribution in [0.2, 0.25) is 5.02 Å². The van der Waals surface area contributed by atoms with Gasteiger partial charge in [0.25, 0.3) is 0 Å². The van der Waals surface area contributed by atoms with Crippen molar-refractivity contribution in [2.45, 2.75) is 65.0 Å². The normalized spacial score (nSPS) is 20.0. The third kappa shape index (κ3) is 5.44. The van der Waals surface area contributed by atoms with Crippen molar-refractivity contribution in [3.8, 4) is 5.75 Å². The molecule has 158 valence electrons. The predicted molar refractivity (Wildman–Crippen MR) is 119 cm³/mol. The summed E-state index contributed by atoms with van der Waals surface area (Å²) >= 11 is 6.14. The van der Waals surface area contributed by atoms with E-state index in [0.29, 0.717) is 18.2 Å². The Hall–Kier alpha value is -1.75. The SMILES string of the molecule is CCCCOC1c2cc(NCC)ccc2OC(C)(C)C1OCc1cccc(Cl)c1. The first-order valence-corrected chi connectivity index (χ1v) is 10.9. The highest BCUT2D eigenvalue weighted by molar-refractivity contribution is 6.30. The highest BCUT2D eigenvalue weighted by Gasteiger charge is 2.45. The molecule has 1 aliphatic rings. The van der Waals surface area contributed by atoms with Gasteiger partial charge in [-0.3, -0.25) is 0 Å². The fourth-order valence-electron chi connectivity index (χ4n) is 3.68. The molecule has 2 aromatic rings. The van der Waals surface area contributed by atoms with Crippen LogP contribution in [-0.2, 0) is 16.1 Å². The number of ether oxygens (including phenoxy) is 3. The number of hydrogen-bond donors (Lipinski definition) is 1. The summed E-state index contributed by atoms with van der Waals surface area (Å²) in [6.07, 6.45) is 1.66. The largest absolute Gasteiger partial charge is 0.485 e. The van der Waals surface area contributed by atoms with Crippen LogP contribution in [0.1, 0.15) is 57.8 Å². The van der Waals surface area contributed by atoms with Crippen LogP contribution >= 0.6 is 11.6 Å². The average molecular weight is 418 g/mol. The molecule has 5 heteroatoms. The average Bonchev–Trinajstić information content (AvgIpc) is 2.67. The molecular weight excluding hydrogens is 386 g/mol. The summed E-state index contributed by atoms with van der Waals surface area (Å²) in [5.41, 5.74) is 2.61. The van der Waals surface area contributed by atoms with Crippen LogP contribution in [0.25, 0.3) is 0 Å². The maximum absolute atomic E-state index is 6.41. The van der Waals surface area contributed by atoms with Crippen molar-refractivity contribution in [1.29, 1.82) is 0 Å². The zero-order chi connectivity index (χ0) is 20.9. The lowest BCUT2D eigenvalue weighted by atomic mass is 9.87. The van der Waals surface area contributed by atoms with E-state index in [0.717, 1.165) is 42.0 Å². The molecule has 0 radical (unpaired) electrons. The van der Waals surface area contributed by atoms with Crippen molar-refractivity contribution in [2.75, 3.05) is 18.5 Å². The lowest BCUT2D eigenvalue weighted by molar-refractivity contribution is -0.167. The van der Waals surface area contributed by atoms with E-state index in [1.54, 1.807) is 0 Å². The molecule has 2 aromatic carbocycles. The van der Waals surface area contributed by atoms with E-state index in [1.165, 1.54) is 0 Å². The number of benzene rings is 2. The number of fused-ring (bicyclic) bond motifs is 1. The van der Waals surface area contributed by atoms with Gasteiger partial charge in [0.1, 0.15) is 23.6 Å². The van der Waals surface area contributed by atoms with Gasteiger partial charge in [-0.05, 0) is 63.1 Å². The van der Waals surface area contributed by atoms with Crippen LogP contribution in [0.5, 0.6) is 5.75 Å². The Morgan fingerprint density at radius 3 is 2.66 bits per heavy atom. The first-order valence-electron chi connectivity index (χ1n) is 10.5. The fourth-order valence-corrected chi connectivity index (χ4v) is 3.89. The summed E-state index contributed by atoms with van der Waals surface area (Å²) in [4.78, 5) is 0. The van der Waals surface area contributed by atoms with E-state index in [1.807, 2.05) is 30.3 Å². The Bertz CT molecular complexity index is 808. The Balaban J connectivity index is 1.89. The van der Waals surface area contributed by atoms with E-state index in [9.17, 15) is 0 Å². The van der Waals surface area contributed by atoms with Gasteiger partial charge in [0.15, 0.2) is 0 Å². The van der Waals surface area contributed by atoms with E-state index >= 15 is 0 Å². The number of anilines is 1. The summed E-state index contributed by atoms with van der Waals surface area (Å²) in [5.74, 6) is 0.862. The van der Waals surface area contributed by atoms with Crippen molar-refractivity contribution in [3.63, 3.8) is 0 Å². The Labute approximate surface area is 179 Å². The molecule has 4 nitrogen and oxygen atoms in total. The van der Waals surface area contributed by atoms with Crippen molar-refractivity contribution in [3.05, 3.63) is 58.6 Å². The van der Waals surface area contributed by atoms with E-state index in [2.05, 4.69) is 45.1 Å². The predicted octanol–water partition coefficient (Wildman–Crippen LogP) is 6.39. The molecule has 0 fully saturated rings. The second-order valence-corrected chi connectivity index (χ2v) is 8.43. The van der Waals surface area contributed by atoms with Crippen LogP contribution < -0.4 is 10.1 Å². The summed E-state index contributed by atoms with van der Waals surface area (Å²) < 4.78 is 19.1. The van der Waals surface area contributed by atoms with Gasteiger partial charge in [0, 0.05) is 29.4 Å². The summed E-state index contributed by atoms with van der Waals surface area (Å²) in [6.45, 7) is 10.4. The monoisotopic (exact) mass is 417 g/mol. The number of nitrogens with one attached hydrogen (secondary N) is 1. The molecule has 0 saturated heterocycles. The molecule has 3 rings (SSSR count). The molecule has 0 spiro atoms. The van der Waals surface area contributed by atoms with Crippen LogP contribution in [0.3, 0.4) is 0 Å². The second kappa shape index (κ2) is 9.84. The van der Waals surface area contributed by atoms with Gasteiger partial charge in [-0.25, -0.2) is 0 Å². The zero-order valence-electron chi connectivity index (χ0n) is 17.8. The molecule has 2 atom stereocenters. The summed E-state index contributed by atoms with van der Waals surface area (Å²) in [5, 5.41) is 4.09. The highest BCUT2D eigenvalue weighted by Crippen LogP contribution is 2.44. The van der Waals surface area contributed by atoms with Crippen LogP contribution in [0.4, 0.5) is 5.69 Å². The van der Waals surface area contributed by atoms with E-state index in [4.69, 9.17) is 25.8 Å². The first kappa shape index (κ1) is 21.9. The number of hydrogen-bond acceptors (Lipinski definition) is 4. The molecule has 1 heterocycles. The van der Waals surface area contributed by atoms with Gasteiger partial charge in [-0.15, -0.1) is 0 Å². The quantitative estimate of drug-likeness (QED) is 0.480. The van der Waals surface area contributed by atoms with E-state index in [-0.39, 0.29) is 12.2 Å². The van der Waals surface area contributed by atoms with Crippen LogP contribution in [0.15, 0.2) is 42.5 Å². The van der Waals surface area contributed by atoms with Gasteiger partial charge in [0.05, 0.1) is 6.61 Å². The lowest BCUT2D eigenvalue weighted by Gasteiger charge is -2.44. The molecule has 0 bridgehead atoms. The summed E-state index contributed by atoms with van der Waals surface area (Å²) in [6, 6.07) is 14.0. The molecule has 0 amide bonds. The maximum atomic E-state index is 6.41. The Morgan fingerprint density at radius 2 is 1.93 bits per heavy atom. The zero-order valence-corrected chi connectivity index (χ0v) is 18.6. The molecule has 0 aliphatic carbocycles. The number of unbranched alkanes of at least 4 members (excludes halogenated alkanes) is 1. The van der Waals surface area contributed by atoms with Crippen LogP contribution in [-0.4, -0.2) is 24.9 Å². The highest BCUT2D eigenvalue weighted by atomic mass is 35.5. The van der Waals surface area contributed by atoms with Gasteiger partial charge in [0.2, 0.25) is 0 Å². The minimum Gasteiger partial charge on any atom is -0.485 e. The fraction of sp³-hybridized carbons (Fsp3) is 0.500. The third-order valence-electron chi connectivity index (χ3n) is 5.14. The molecule has 2 unspecified atom stereocenters. The number of halogens is 1. The van der Waals surface area contributed by atoms with Gasteiger partial charge < -0.3 is 19.5 Å². The summed E-state index contributed by atoms with van der Waals surface area (Å²) in [7, 11) is 0. The van der Waals surface area contributed by atoms with Gasteiger partial charge in [-0.2, -0.15) is 0 Å². The molecule has 0 saturated carbocycles. The maximum Gasteiger partial charge on any atom is 0.132 e. The van der Waals surface area contributed by atoms with Gasteiger partial charge in [-0.1, -0.05) is 37.1 Å². The third-order valence-corrected chi connectivity index (χ3v) is 5.38. The standard InChI is InChI=1S/C24H32ClNO3/c1-5-7-13-27-22-20-15-19(26-6-2)11-12-21(20)29-24(3,4)23(22)28-16-17-9-8-10-18(25)14-17/h8-12,14-15,22-23,26H,5-7,13,16H2,1-4H3. The molecule has 1 aliphatic heterocycles. The molecular formula is C24H32ClNO3. The first-order chi connectivity index (χ1) is 13.9.